The molecule has 1 saturated heterocycles. The fourth-order valence-electron chi connectivity index (χ4n) is 3.80. The number of quaternary nitrogens is 1. The fourth-order valence-corrected chi connectivity index (χ4v) is 6.02. The van der Waals surface area contributed by atoms with E-state index in [1.54, 1.807) is 20.8 Å². The number of thioether (sulfide) groups is 1. The molecule has 0 aromatic heterocycles. The van der Waals surface area contributed by atoms with Crippen LogP contribution in [0.1, 0.15) is 32.8 Å². The van der Waals surface area contributed by atoms with Crippen LogP contribution in [0.4, 0.5) is 0 Å². The lowest BCUT2D eigenvalue weighted by Crippen LogP contribution is -2.50. The number of carbonyl (C=O) groups is 2. The maximum absolute atomic E-state index is 13.6. The van der Waals surface area contributed by atoms with Crippen molar-refractivity contribution >= 4 is 30.5 Å². The van der Waals surface area contributed by atoms with Crippen molar-refractivity contribution in [3.63, 3.8) is 0 Å². The summed E-state index contributed by atoms with van der Waals surface area (Å²) in [7, 11) is -3.99. The zero-order valence-corrected chi connectivity index (χ0v) is 23.8. The number of hydrogen-bond acceptors (Lipinski definition) is 10. The number of nitrogens with zero attached hydrogens (tertiary/aromatic N) is 1. The van der Waals surface area contributed by atoms with Gasteiger partial charge in [-0.3, -0.25) is 23.3 Å². The maximum atomic E-state index is 13.6. The standard InChI is InChI=1S/C25H36N3O9PS/c1-25(2,3)24(32)39-13-12-35-38(34,27-14-17-8-5-4-6-9-17)36-16-19-20(29)21(30)23(37-19)28(33)11-7-10-18(15-28)22(26)31/h4-9,11,15,19-21,23,29-30H,10,12-14,16H2,1-3H3,(H2,26,31)(H,27,34). The highest BCUT2D eigenvalue weighted by Gasteiger charge is 2.51. The van der Waals surface area contributed by atoms with E-state index >= 15 is 0 Å². The van der Waals surface area contributed by atoms with Gasteiger partial charge in [0.15, 0.2) is 11.2 Å². The predicted molar refractivity (Wildman–Crippen MR) is 145 cm³/mol. The Bertz CT molecular complexity index is 1130. The molecule has 2 aliphatic heterocycles. The van der Waals surface area contributed by atoms with Gasteiger partial charge < -0.3 is 25.9 Å². The highest BCUT2D eigenvalue weighted by Crippen LogP contribution is 2.45. The number of hydrogen-bond donors (Lipinski definition) is 4. The summed E-state index contributed by atoms with van der Waals surface area (Å²) in [5, 5.41) is 37.2. The molecule has 14 heteroatoms. The number of allylic oxidation sites excluding steroid dienone is 1. The highest BCUT2D eigenvalue weighted by atomic mass is 32.2. The molecule has 1 aromatic carbocycles. The average Bonchev–Trinajstić information content (AvgIpc) is 3.18. The molecule has 1 aromatic rings. The van der Waals surface area contributed by atoms with Crippen molar-refractivity contribution in [2.45, 2.75) is 58.3 Å². The van der Waals surface area contributed by atoms with Crippen LogP contribution in [0.25, 0.3) is 0 Å². The topological polar surface area (TPSA) is 180 Å². The van der Waals surface area contributed by atoms with Crippen molar-refractivity contribution in [3.8, 4) is 0 Å². The number of primary amides is 1. The summed E-state index contributed by atoms with van der Waals surface area (Å²) in [6.45, 7) is 4.97. The number of ether oxygens (including phenoxy) is 1. The van der Waals surface area contributed by atoms with Gasteiger partial charge in [0, 0.05) is 24.1 Å². The first kappa shape index (κ1) is 31.6. The number of aliphatic hydroxyl groups is 2. The van der Waals surface area contributed by atoms with Crippen LogP contribution >= 0.6 is 19.5 Å². The molecule has 3 rings (SSSR count). The average molecular weight is 586 g/mol. The van der Waals surface area contributed by atoms with Gasteiger partial charge in [0.2, 0.25) is 12.1 Å². The number of hydroxylamine groups is 3. The van der Waals surface area contributed by atoms with Crippen LogP contribution in [0.2, 0.25) is 0 Å². The third kappa shape index (κ3) is 8.54. The molecule has 0 saturated carbocycles. The summed E-state index contributed by atoms with van der Waals surface area (Å²) in [6, 6.07) is 9.10. The van der Waals surface area contributed by atoms with E-state index in [-0.39, 0.29) is 36.0 Å². The van der Waals surface area contributed by atoms with E-state index in [2.05, 4.69) is 5.09 Å². The van der Waals surface area contributed by atoms with E-state index in [0.717, 1.165) is 23.5 Å². The molecule has 2 aliphatic rings. The van der Waals surface area contributed by atoms with E-state index in [0.29, 0.717) is 0 Å². The smallest absolute Gasteiger partial charge is 0.405 e. The number of nitrogens with one attached hydrogen (secondary N) is 1. The summed E-state index contributed by atoms with van der Waals surface area (Å²) < 4.78 is 28.9. The van der Waals surface area contributed by atoms with Crippen molar-refractivity contribution < 1.29 is 42.8 Å². The Hall–Kier alpha value is -1.90. The molecule has 12 nitrogen and oxygen atoms in total. The number of carbonyl (C=O) groups excluding carboxylic acids is 2. The molecule has 0 spiro atoms. The molecule has 0 bridgehead atoms. The van der Waals surface area contributed by atoms with E-state index < -0.39 is 54.9 Å². The zero-order valence-electron chi connectivity index (χ0n) is 22.1. The summed E-state index contributed by atoms with van der Waals surface area (Å²) in [6.07, 6.45) is -2.15. The molecule has 39 heavy (non-hydrogen) atoms. The van der Waals surface area contributed by atoms with Crippen LogP contribution in [-0.4, -0.2) is 69.4 Å². The Kier molecular flexibility index (Phi) is 10.7. The van der Waals surface area contributed by atoms with E-state index in [9.17, 15) is 29.6 Å². The summed E-state index contributed by atoms with van der Waals surface area (Å²) in [5.74, 6) is -0.549. The van der Waals surface area contributed by atoms with Crippen LogP contribution in [0, 0.1) is 10.6 Å². The number of aliphatic hydroxyl groups excluding tert-OH is 2. The van der Waals surface area contributed by atoms with Crippen molar-refractivity contribution in [1.29, 1.82) is 0 Å². The molecule has 0 radical (unpaired) electrons. The van der Waals surface area contributed by atoms with Crippen molar-refractivity contribution in [3.05, 3.63) is 65.2 Å². The maximum Gasteiger partial charge on any atom is 0.405 e. The van der Waals surface area contributed by atoms with Crippen molar-refractivity contribution in [2.75, 3.05) is 19.0 Å². The van der Waals surface area contributed by atoms with Gasteiger partial charge in [-0.1, -0.05) is 62.9 Å². The van der Waals surface area contributed by atoms with Gasteiger partial charge in [0.05, 0.1) is 25.0 Å². The van der Waals surface area contributed by atoms with Crippen molar-refractivity contribution in [1.82, 2.24) is 5.09 Å². The van der Waals surface area contributed by atoms with Crippen LogP contribution in [0.3, 0.4) is 0 Å². The van der Waals surface area contributed by atoms with E-state index in [1.807, 2.05) is 30.3 Å². The molecule has 2 heterocycles. The molecule has 6 unspecified atom stereocenters. The zero-order chi connectivity index (χ0) is 28.8. The van der Waals surface area contributed by atoms with Gasteiger partial charge in [-0.15, -0.1) is 0 Å². The van der Waals surface area contributed by atoms with Crippen molar-refractivity contribution in [2.24, 2.45) is 11.1 Å². The van der Waals surface area contributed by atoms with Crippen LogP contribution in [-0.2, 0) is 34.5 Å². The summed E-state index contributed by atoms with van der Waals surface area (Å²) in [5.41, 5.74) is 5.61. The van der Waals surface area contributed by atoms with Gasteiger partial charge >= 0.3 is 7.75 Å². The van der Waals surface area contributed by atoms with Gasteiger partial charge in [-0.05, 0) is 11.6 Å². The second-order valence-corrected chi connectivity index (χ2v) is 13.1. The minimum atomic E-state index is -3.99. The van der Waals surface area contributed by atoms with Crippen LogP contribution < -0.4 is 10.8 Å². The first-order chi connectivity index (χ1) is 18.2. The van der Waals surface area contributed by atoms with E-state index in [4.69, 9.17) is 19.5 Å². The number of benzene rings is 1. The van der Waals surface area contributed by atoms with Crippen LogP contribution in [0.15, 0.2) is 54.4 Å². The molecule has 1 fully saturated rings. The summed E-state index contributed by atoms with van der Waals surface area (Å²) >= 11 is 1.05. The highest BCUT2D eigenvalue weighted by molar-refractivity contribution is 8.13. The molecule has 1 amide bonds. The minimum Gasteiger partial charge on any atom is -0.621 e. The quantitative estimate of drug-likeness (QED) is 0.122. The Morgan fingerprint density at radius 3 is 2.56 bits per heavy atom. The van der Waals surface area contributed by atoms with Crippen LogP contribution in [0.5, 0.6) is 0 Å². The number of nitrogens with two attached hydrogens (primary N) is 1. The Balaban J connectivity index is 1.66. The second kappa shape index (κ2) is 13.2. The molecule has 6 atom stereocenters. The largest absolute Gasteiger partial charge is 0.621 e. The predicted octanol–water partition coefficient (Wildman–Crippen LogP) is 2.27. The van der Waals surface area contributed by atoms with Gasteiger partial charge in [-0.25, -0.2) is 9.65 Å². The number of amides is 1. The Morgan fingerprint density at radius 1 is 1.23 bits per heavy atom. The minimum absolute atomic E-state index is 0.0447. The Morgan fingerprint density at radius 2 is 1.92 bits per heavy atom. The molecule has 216 valence electrons. The van der Waals surface area contributed by atoms with Gasteiger partial charge in [-0.2, -0.15) is 0 Å². The second-order valence-electron chi connectivity index (χ2n) is 10.3. The third-order valence-electron chi connectivity index (χ3n) is 6.00. The molecular weight excluding hydrogens is 549 g/mol. The van der Waals surface area contributed by atoms with Gasteiger partial charge in [0.1, 0.15) is 18.4 Å². The lowest BCUT2D eigenvalue weighted by atomic mass is 10.00. The monoisotopic (exact) mass is 585 g/mol. The normalized spacial score (nSPS) is 28.6. The number of rotatable bonds is 12. The third-order valence-corrected chi connectivity index (χ3v) is 8.81. The molecule has 0 aliphatic carbocycles. The Labute approximate surface area is 231 Å². The fraction of sp³-hybridized carbons (Fsp3) is 0.520. The van der Waals surface area contributed by atoms with Gasteiger partial charge in [0.25, 0.3) is 0 Å². The lowest BCUT2D eigenvalue weighted by Gasteiger charge is -2.42. The summed E-state index contributed by atoms with van der Waals surface area (Å²) in [4.78, 5) is 23.7. The molecule has 5 N–H and O–H groups in total. The SMILES string of the molecule is CC(C)(C)C(=O)SCCOP(=O)(NCc1ccccc1)OCC1OC([N+]2([O-])C=CCC(C(N)=O)=C2)C(O)C1O. The van der Waals surface area contributed by atoms with E-state index in [1.165, 1.54) is 12.3 Å². The first-order valence-corrected chi connectivity index (χ1v) is 14.9. The lowest BCUT2D eigenvalue weighted by molar-refractivity contribution is -0.836. The molecular formula is C25H36N3O9PS. The first-order valence-electron chi connectivity index (χ1n) is 12.4.